The third-order valence-electron chi connectivity index (χ3n) is 2.77. The Bertz CT molecular complexity index is 591. The summed E-state index contributed by atoms with van der Waals surface area (Å²) in [7, 11) is 0. The van der Waals surface area contributed by atoms with Gasteiger partial charge in [-0.25, -0.2) is 0 Å². The van der Waals surface area contributed by atoms with Gasteiger partial charge in [0.25, 0.3) is 0 Å². The largest absolute Gasteiger partial charge is 0.455 e. The van der Waals surface area contributed by atoms with Gasteiger partial charge in [0.05, 0.1) is 5.69 Å². The van der Waals surface area contributed by atoms with Crippen molar-refractivity contribution in [3.63, 3.8) is 0 Å². The van der Waals surface area contributed by atoms with E-state index in [2.05, 4.69) is 22.6 Å². The normalized spacial score (nSPS) is 11.4. The molecule has 0 aliphatic carbocycles. The maximum absolute atomic E-state index is 6.16. The van der Waals surface area contributed by atoms with Crippen molar-refractivity contribution in [1.82, 2.24) is 0 Å². The van der Waals surface area contributed by atoms with Crippen LogP contribution in [0.2, 0.25) is 0 Å². The van der Waals surface area contributed by atoms with E-state index >= 15 is 0 Å². The van der Waals surface area contributed by atoms with E-state index in [0.29, 0.717) is 11.4 Å². The van der Waals surface area contributed by atoms with Gasteiger partial charge in [-0.15, -0.1) is 0 Å². The third kappa shape index (κ3) is 3.39. The Kier molecular flexibility index (Phi) is 4.01. The number of halogens is 1. The van der Waals surface area contributed by atoms with E-state index in [9.17, 15) is 0 Å². The minimum atomic E-state index is -0.464. The van der Waals surface area contributed by atoms with Crippen LogP contribution in [0.1, 0.15) is 19.4 Å². The monoisotopic (exact) mass is 368 g/mol. The first kappa shape index (κ1) is 14.1. The molecule has 19 heavy (non-hydrogen) atoms. The molecular formula is C15H17IN2O. The third-order valence-corrected chi connectivity index (χ3v) is 3.44. The number of benzene rings is 2. The van der Waals surface area contributed by atoms with Crippen LogP contribution in [0.4, 0.5) is 5.69 Å². The molecule has 4 heteroatoms. The van der Waals surface area contributed by atoms with Crippen molar-refractivity contribution in [2.45, 2.75) is 19.4 Å². The lowest BCUT2D eigenvalue weighted by Gasteiger charge is -2.22. The van der Waals surface area contributed by atoms with Gasteiger partial charge in [-0.2, -0.15) is 0 Å². The van der Waals surface area contributed by atoms with Gasteiger partial charge in [0, 0.05) is 14.7 Å². The van der Waals surface area contributed by atoms with Crippen LogP contribution in [-0.2, 0) is 5.54 Å². The predicted molar refractivity (Wildman–Crippen MR) is 87.3 cm³/mol. The van der Waals surface area contributed by atoms with Crippen LogP contribution in [0, 0.1) is 3.57 Å². The first-order valence-corrected chi connectivity index (χ1v) is 7.07. The minimum absolute atomic E-state index is 0.464. The number of para-hydroxylation sites is 1. The second-order valence-electron chi connectivity index (χ2n) is 5.00. The van der Waals surface area contributed by atoms with Crippen LogP contribution < -0.4 is 16.2 Å². The van der Waals surface area contributed by atoms with Gasteiger partial charge < -0.3 is 16.2 Å². The second kappa shape index (κ2) is 5.38. The summed E-state index contributed by atoms with van der Waals surface area (Å²) in [6.45, 7) is 3.90. The van der Waals surface area contributed by atoms with Crippen LogP contribution in [-0.4, -0.2) is 0 Å². The highest BCUT2D eigenvalue weighted by Crippen LogP contribution is 2.34. The fraction of sp³-hybridized carbons (Fsp3) is 0.200. The number of hydrogen-bond acceptors (Lipinski definition) is 3. The Morgan fingerprint density at radius 3 is 2.37 bits per heavy atom. The lowest BCUT2D eigenvalue weighted by molar-refractivity contribution is 0.450. The van der Waals surface area contributed by atoms with Crippen LogP contribution >= 0.6 is 22.6 Å². The van der Waals surface area contributed by atoms with Crippen LogP contribution in [0.25, 0.3) is 0 Å². The number of nitrogens with two attached hydrogens (primary N) is 2. The Morgan fingerprint density at radius 2 is 1.74 bits per heavy atom. The van der Waals surface area contributed by atoms with E-state index in [1.807, 2.05) is 56.3 Å². The van der Waals surface area contributed by atoms with E-state index in [1.54, 1.807) is 0 Å². The molecule has 0 amide bonds. The van der Waals surface area contributed by atoms with Gasteiger partial charge in [-0.05, 0) is 60.7 Å². The SMILES string of the molecule is CC(C)(N)c1ccccc1Oc1ccc(I)cc1N. The van der Waals surface area contributed by atoms with Crippen LogP contribution in [0.3, 0.4) is 0 Å². The first-order chi connectivity index (χ1) is 8.88. The van der Waals surface area contributed by atoms with Gasteiger partial charge in [0.1, 0.15) is 11.5 Å². The average molecular weight is 368 g/mol. The Balaban J connectivity index is 2.39. The number of hydrogen-bond donors (Lipinski definition) is 2. The molecule has 4 N–H and O–H groups in total. The van der Waals surface area contributed by atoms with Crippen molar-refractivity contribution in [1.29, 1.82) is 0 Å². The molecule has 0 aromatic heterocycles. The molecule has 0 spiro atoms. The Morgan fingerprint density at radius 1 is 1.05 bits per heavy atom. The highest BCUT2D eigenvalue weighted by atomic mass is 127. The summed E-state index contributed by atoms with van der Waals surface area (Å²) in [5.41, 5.74) is 13.2. The fourth-order valence-electron chi connectivity index (χ4n) is 1.82. The van der Waals surface area contributed by atoms with Crippen molar-refractivity contribution < 1.29 is 4.74 Å². The molecule has 2 rings (SSSR count). The number of nitrogen functional groups attached to an aromatic ring is 1. The van der Waals surface area contributed by atoms with E-state index in [1.165, 1.54) is 0 Å². The zero-order chi connectivity index (χ0) is 14.0. The molecule has 0 unspecified atom stereocenters. The molecule has 3 nitrogen and oxygen atoms in total. The number of anilines is 1. The average Bonchev–Trinajstić information content (AvgIpc) is 2.32. The van der Waals surface area contributed by atoms with Crippen molar-refractivity contribution in [3.8, 4) is 11.5 Å². The number of ether oxygens (including phenoxy) is 1. The van der Waals surface area contributed by atoms with Crippen molar-refractivity contribution >= 4 is 28.3 Å². The zero-order valence-corrected chi connectivity index (χ0v) is 13.1. The first-order valence-electron chi connectivity index (χ1n) is 5.99. The van der Waals surface area contributed by atoms with Gasteiger partial charge >= 0.3 is 0 Å². The maximum atomic E-state index is 6.16. The van der Waals surface area contributed by atoms with E-state index in [-0.39, 0.29) is 0 Å². The summed E-state index contributed by atoms with van der Waals surface area (Å²) >= 11 is 2.22. The van der Waals surface area contributed by atoms with Gasteiger partial charge in [0.15, 0.2) is 0 Å². The van der Waals surface area contributed by atoms with Crippen molar-refractivity contribution in [2.75, 3.05) is 5.73 Å². The van der Waals surface area contributed by atoms with E-state index in [0.717, 1.165) is 14.9 Å². The molecule has 0 aliphatic heterocycles. The molecule has 0 aliphatic rings. The molecule has 0 bridgehead atoms. The maximum Gasteiger partial charge on any atom is 0.150 e. The number of rotatable bonds is 3. The van der Waals surface area contributed by atoms with Crippen molar-refractivity contribution in [2.24, 2.45) is 5.73 Å². The van der Waals surface area contributed by atoms with Crippen molar-refractivity contribution in [3.05, 3.63) is 51.6 Å². The van der Waals surface area contributed by atoms with E-state index in [4.69, 9.17) is 16.2 Å². The molecule has 2 aromatic rings. The molecule has 100 valence electrons. The zero-order valence-electron chi connectivity index (χ0n) is 11.0. The molecule has 0 radical (unpaired) electrons. The fourth-order valence-corrected chi connectivity index (χ4v) is 2.33. The summed E-state index contributed by atoms with van der Waals surface area (Å²) < 4.78 is 6.99. The molecule has 0 saturated heterocycles. The highest BCUT2D eigenvalue weighted by Gasteiger charge is 2.19. The lowest BCUT2D eigenvalue weighted by Crippen LogP contribution is -2.29. The van der Waals surface area contributed by atoms with Crippen LogP contribution in [0.15, 0.2) is 42.5 Å². The predicted octanol–water partition coefficient (Wildman–Crippen LogP) is 3.86. The quantitative estimate of drug-likeness (QED) is 0.639. The summed E-state index contributed by atoms with van der Waals surface area (Å²) in [6.07, 6.45) is 0. The summed E-state index contributed by atoms with van der Waals surface area (Å²) in [4.78, 5) is 0. The van der Waals surface area contributed by atoms with Gasteiger partial charge in [-0.3, -0.25) is 0 Å². The Hall–Kier alpha value is -1.27. The Labute approximate surface area is 127 Å². The van der Waals surface area contributed by atoms with Gasteiger partial charge in [-0.1, -0.05) is 18.2 Å². The lowest BCUT2D eigenvalue weighted by atomic mass is 9.95. The highest BCUT2D eigenvalue weighted by molar-refractivity contribution is 14.1. The standard InChI is InChI=1S/C15H17IN2O/c1-15(2,18)11-5-3-4-6-13(11)19-14-8-7-10(16)9-12(14)17/h3-9H,17-18H2,1-2H3. The molecular weight excluding hydrogens is 351 g/mol. The topological polar surface area (TPSA) is 61.3 Å². The molecule has 0 atom stereocenters. The van der Waals surface area contributed by atoms with E-state index < -0.39 is 5.54 Å². The minimum Gasteiger partial charge on any atom is -0.455 e. The molecule has 0 heterocycles. The smallest absolute Gasteiger partial charge is 0.150 e. The van der Waals surface area contributed by atoms with Gasteiger partial charge in [0.2, 0.25) is 0 Å². The second-order valence-corrected chi connectivity index (χ2v) is 6.25. The molecule has 0 fully saturated rings. The summed E-state index contributed by atoms with van der Waals surface area (Å²) in [5, 5.41) is 0. The van der Waals surface area contributed by atoms with Crippen LogP contribution in [0.5, 0.6) is 11.5 Å². The summed E-state index contributed by atoms with van der Waals surface area (Å²) in [6, 6.07) is 13.5. The molecule has 0 saturated carbocycles. The molecule has 2 aromatic carbocycles. The summed E-state index contributed by atoms with van der Waals surface area (Å²) in [5.74, 6) is 1.39.